The molecular weight excluding hydrogens is 396 g/mol. The molecule has 32 heavy (non-hydrogen) atoms. The van der Waals surface area contributed by atoms with Gasteiger partial charge in [0.25, 0.3) is 0 Å². The zero-order valence-corrected chi connectivity index (χ0v) is 19.9. The minimum Gasteiger partial charge on any atom is -0.352 e. The van der Waals surface area contributed by atoms with Crippen molar-refractivity contribution in [2.24, 2.45) is 0 Å². The SMILES string of the molecule is CCc1ccc(CCC(=O)N(Cc2ccccc2C)C(C)C(=O)NC2CCCCC2)cc1. The van der Waals surface area contributed by atoms with E-state index in [0.717, 1.165) is 36.0 Å². The fraction of sp³-hybridized carbons (Fsp3) is 0.500. The molecule has 1 aliphatic rings. The number of nitrogens with one attached hydrogen (secondary N) is 1. The van der Waals surface area contributed by atoms with Gasteiger partial charge >= 0.3 is 0 Å². The maximum Gasteiger partial charge on any atom is 0.242 e. The quantitative estimate of drug-likeness (QED) is 0.578. The summed E-state index contributed by atoms with van der Waals surface area (Å²) in [5.74, 6) is -0.00903. The number of amides is 2. The first-order valence-electron chi connectivity index (χ1n) is 12.2. The Morgan fingerprint density at radius 1 is 1.00 bits per heavy atom. The minimum absolute atomic E-state index is 0.0270. The molecule has 2 aromatic rings. The molecule has 0 aliphatic heterocycles. The van der Waals surface area contributed by atoms with Gasteiger partial charge in [0.2, 0.25) is 11.8 Å². The predicted molar refractivity (Wildman–Crippen MR) is 130 cm³/mol. The molecule has 3 rings (SSSR count). The lowest BCUT2D eigenvalue weighted by atomic mass is 9.95. The summed E-state index contributed by atoms with van der Waals surface area (Å²) in [5.41, 5.74) is 4.69. The Labute approximate surface area is 193 Å². The number of rotatable bonds is 9. The third-order valence-corrected chi connectivity index (χ3v) is 6.78. The molecule has 4 nitrogen and oxygen atoms in total. The molecule has 0 aromatic heterocycles. The first-order chi connectivity index (χ1) is 15.5. The lowest BCUT2D eigenvalue weighted by molar-refractivity contribution is -0.141. The number of carbonyl (C=O) groups excluding carboxylic acids is 2. The summed E-state index contributed by atoms with van der Waals surface area (Å²) in [4.78, 5) is 28.2. The van der Waals surface area contributed by atoms with Gasteiger partial charge in [-0.05, 0) is 61.8 Å². The van der Waals surface area contributed by atoms with Crippen molar-refractivity contribution in [2.45, 2.75) is 90.8 Å². The Balaban J connectivity index is 1.70. The summed E-state index contributed by atoms with van der Waals surface area (Å²) in [6, 6.07) is 16.3. The van der Waals surface area contributed by atoms with Crippen molar-refractivity contribution in [1.29, 1.82) is 0 Å². The fourth-order valence-electron chi connectivity index (χ4n) is 4.46. The highest BCUT2D eigenvalue weighted by atomic mass is 16.2. The van der Waals surface area contributed by atoms with Gasteiger partial charge in [-0.15, -0.1) is 0 Å². The van der Waals surface area contributed by atoms with Crippen LogP contribution >= 0.6 is 0 Å². The van der Waals surface area contributed by atoms with Crippen LogP contribution in [-0.4, -0.2) is 28.8 Å². The van der Waals surface area contributed by atoms with E-state index in [1.54, 1.807) is 4.90 Å². The van der Waals surface area contributed by atoms with E-state index >= 15 is 0 Å². The molecule has 0 saturated heterocycles. The number of nitrogens with zero attached hydrogens (tertiary/aromatic N) is 1. The van der Waals surface area contributed by atoms with Crippen molar-refractivity contribution in [2.75, 3.05) is 0 Å². The number of aryl methyl sites for hydroxylation is 3. The highest BCUT2D eigenvalue weighted by Gasteiger charge is 2.28. The van der Waals surface area contributed by atoms with Crippen LogP contribution < -0.4 is 5.32 Å². The summed E-state index contributed by atoms with van der Waals surface area (Å²) < 4.78 is 0. The van der Waals surface area contributed by atoms with Gasteiger partial charge in [-0.2, -0.15) is 0 Å². The molecule has 1 saturated carbocycles. The van der Waals surface area contributed by atoms with Gasteiger partial charge < -0.3 is 10.2 Å². The lowest BCUT2D eigenvalue weighted by Crippen LogP contribution is -2.50. The molecular formula is C28H38N2O2. The predicted octanol–water partition coefficient (Wildman–Crippen LogP) is 5.36. The number of hydrogen-bond donors (Lipinski definition) is 1. The van der Waals surface area contributed by atoms with E-state index in [-0.39, 0.29) is 17.9 Å². The molecule has 1 unspecified atom stereocenters. The largest absolute Gasteiger partial charge is 0.352 e. The second-order valence-electron chi connectivity index (χ2n) is 9.14. The molecule has 1 aliphatic carbocycles. The van der Waals surface area contributed by atoms with Crippen molar-refractivity contribution in [3.8, 4) is 0 Å². The molecule has 1 fully saturated rings. The van der Waals surface area contributed by atoms with E-state index in [4.69, 9.17) is 0 Å². The second-order valence-corrected chi connectivity index (χ2v) is 9.14. The van der Waals surface area contributed by atoms with Crippen molar-refractivity contribution < 1.29 is 9.59 Å². The maximum atomic E-state index is 13.3. The molecule has 0 radical (unpaired) electrons. The first kappa shape index (κ1) is 24.0. The molecule has 2 aromatic carbocycles. The zero-order valence-electron chi connectivity index (χ0n) is 19.9. The van der Waals surface area contributed by atoms with E-state index in [0.29, 0.717) is 19.4 Å². The third-order valence-electron chi connectivity index (χ3n) is 6.78. The Bertz CT molecular complexity index is 885. The zero-order chi connectivity index (χ0) is 22.9. The van der Waals surface area contributed by atoms with Gasteiger partial charge in [0, 0.05) is 19.0 Å². The highest BCUT2D eigenvalue weighted by molar-refractivity contribution is 5.87. The molecule has 0 bridgehead atoms. The van der Waals surface area contributed by atoms with Crippen LogP contribution in [0.3, 0.4) is 0 Å². The van der Waals surface area contributed by atoms with Gasteiger partial charge in [-0.3, -0.25) is 9.59 Å². The normalized spacial score (nSPS) is 15.2. The average Bonchev–Trinajstić information content (AvgIpc) is 2.82. The van der Waals surface area contributed by atoms with E-state index in [1.807, 2.05) is 25.1 Å². The lowest BCUT2D eigenvalue weighted by Gasteiger charge is -2.31. The highest BCUT2D eigenvalue weighted by Crippen LogP contribution is 2.19. The Kier molecular flexibility index (Phi) is 8.90. The molecule has 4 heteroatoms. The van der Waals surface area contributed by atoms with Crippen molar-refractivity contribution in [3.05, 3.63) is 70.8 Å². The Hall–Kier alpha value is -2.62. The standard InChI is InChI=1S/C28H38N2O2/c1-4-23-14-16-24(17-15-23)18-19-27(31)30(20-25-11-9-8-10-21(25)2)22(3)28(32)29-26-12-6-5-7-13-26/h8-11,14-17,22,26H,4-7,12-13,18-20H2,1-3H3,(H,29,32). The smallest absolute Gasteiger partial charge is 0.242 e. The second kappa shape index (κ2) is 11.8. The van der Waals surface area contributed by atoms with E-state index in [2.05, 4.69) is 49.5 Å². The van der Waals surface area contributed by atoms with Gasteiger partial charge in [-0.1, -0.05) is 74.7 Å². The molecule has 1 N–H and O–H groups in total. The van der Waals surface area contributed by atoms with Crippen LogP contribution in [0.25, 0.3) is 0 Å². The topological polar surface area (TPSA) is 49.4 Å². The van der Waals surface area contributed by atoms with Crippen LogP contribution in [0.5, 0.6) is 0 Å². The summed E-state index contributed by atoms with van der Waals surface area (Å²) >= 11 is 0. The van der Waals surface area contributed by atoms with Crippen molar-refractivity contribution in [3.63, 3.8) is 0 Å². The van der Waals surface area contributed by atoms with Crippen LogP contribution in [0, 0.1) is 6.92 Å². The first-order valence-corrected chi connectivity index (χ1v) is 12.2. The molecule has 0 spiro atoms. The number of hydrogen-bond acceptors (Lipinski definition) is 2. The van der Waals surface area contributed by atoms with Gasteiger partial charge in [-0.25, -0.2) is 0 Å². The number of benzene rings is 2. The number of carbonyl (C=O) groups is 2. The molecule has 0 heterocycles. The fourth-order valence-corrected chi connectivity index (χ4v) is 4.46. The van der Waals surface area contributed by atoms with Crippen LogP contribution in [0.15, 0.2) is 48.5 Å². The Morgan fingerprint density at radius 2 is 1.66 bits per heavy atom. The van der Waals surface area contributed by atoms with Crippen LogP contribution in [-0.2, 0) is 29.0 Å². The van der Waals surface area contributed by atoms with Gasteiger partial charge in [0.15, 0.2) is 0 Å². The molecule has 172 valence electrons. The summed E-state index contributed by atoms with van der Waals surface area (Å²) in [6.07, 6.45) is 7.76. The monoisotopic (exact) mass is 434 g/mol. The van der Waals surface area contributed by atoms with Crippen LogP contribution in [0.2, 0.25) is 0 Å². The van der Waals surface area contributed by atoms with Crippen LogP contribution in [0.4, 0.5) is 0 Å². The van der Waals surface area contributed by atoms with Crippen LogP contribution in [0.1, 0.15) is 74.6 Å². The summed E-state index contributed by atoms with van der Waals surface area (Å²) in [7, 11) is 0. The molecule has 1 atom stereocenters. The van der Waals surface area contributed by atoms with Crippen molar-refractivity contribution in [1.82, 2.24) is 10.2 Å². The van der Waals surface area contributed by atoms with E-state index in [9.17, 15) is 9.59 Å². The third kappa shape index (κ3) is 6.69. The minimum atomic E-state index is -0.494. The molecule has 2 amide bonds. The Morgan fingerprint density at radius 3 is 2.31 bits per heavy atom. The summed E-state index contributed by atoms with van der Waals surface area (Å²) in [5, 5.41) is 3.21. The van der Waals surface area contributed by atoms with Gasteiger partial charge in [0.1, 0.15) is 6.04 Å². The van der Waals surface area contributed by atoms with Gasteiger partial charge in [0.05, 0.1) is 0 Å². The average molecular weight is 435 g/mol. The van der Waals surface area contributed by atoms with E-state index in [1.165, 1.54) is 24.8 Å². The maximum absolute atomic E-state index is 13.3. The van der Waals surface area contributed by atoms with E-state index < -0.39 is 6.04 Å². The van der Waals surface area contributed by atoms with Crippen molar-refractivity contribution >= 4 is 11.8 Å². The summed E-state index contributed by atoms with van der Waals surface area (Å²) in [6.45, 7) is 6.52.